The number of Topliss-reactive ketones (excluding diaryl/α,β-unsaturated/α-hetero) is 1. The monoisotopic (exact) mass is 472 g/mol. The first-order chi connectivity index (χ1) is 15.5. The Balaban J connectivity index is 1.59. The Labute approximate surface area is 194 Å². The van der Waals surface area contributed by atoms with E-state index in [9.17, 15) is 9.59 Å². The van der Waals surface area contributed by atoms with Crippen molar-refractivity contribution in [3.05, 3.63) is 52.0 Å². The number of carbonyl (C=O) groups excluding carboxylic acids is 2. The zero-order valence-corrected chi connectivity index (χ0v) is 19.1. The lowest BCUT2D eigenvalue weighted by Gasteiger charge is -2.19. The smallest absolute Gasteiger partial charge is 0.259 e. The highest BCUT2D eigenvalue weighted by Gasteiger charge is 2.25. The zero-order chi connectivity index (χ0) is 22.7. The standard InChI is InChI=1S/C22H21ClN4O4S/c1-12-7-14(15-8-19(23)25-10-17(15)30-2)16(9-24-12)21(29)27-22-26-11-18(32-22)20(28)13-3-5-31-6-4-13/h7-11,13H,3-6H2,1-2H3,(H,26,27,29). The van der Waals surface area contributed by atoms with Crippen molar-refractivity contribution in [2.45, 2.75) is 19.8 Å². The molecule has 0 bridgehead atoms. The minimum absolute atomic E-state index is 0.0418. The molecule has 8 nitrogen and oxygen atoms in total. The largest absolute Gasteiger partial charge is 0.494 e. The molecule has 0 aliphatic carbocycles. The maximum absolute atomic E-state index is 13.1. The van der Waals surface area contributed by atoms with Crippen molar-refractivity contribution in [2.75, 3.05) is 25.6 Å². The average Bonchev–Trinajstić information content (AvgIpc) is 3.27. The van der Waals surface area contributed by atoms with Gasteiger partial charge < -0.3 is 9.47 Å². The van der Waals surface area contributed by atoms with Gasteiger partial charge in [0.2, 0.25) is 0 Å². The topological polar surface area (TPSA) is 103 Å². The van der Waals surface area contributed by atoms with Gasteiger partial charge >= 0.3 is 0 Å². The van der Waals surface area contributed by atoms with Crippen molar-refractivity contribution in [1.82, 2.24) is 15.0 Å². The van der Waals surface area contributed by atoms with E-state index in [1.807, 2.05) is 6.92 Å². The van der Waals surface area contributed by atoms with Crippen LogP contribution in [-0.2, 0) is 4.74 Å². The van der Waals surface area contributed by atoms with Crippen LogP contribution in [0.25, 0.3) is 11.1 Å². The van der Waals surface area contributed by atoms with E-state index in [1.54, 1.807) is 12.1 Å². The molecule has 0 aromatic carbocycles. The van der Waals surface area contributed by atoms with Crippen LogP contribution in [0.4, 0.5) is 5.13 Å². The van der Waals surface area contributed by atoms with E-state index in [1.165, 1.54) is 25.7 Å². The van der Waals surface area contributed by atoms with E-state index in [2.05, 4.69) is 20.3 Å². The lowest BCUT2D eigenvalue weighted by atomic mass is 9.95. The number of halogens is 1. The molecule has 0 spiro atoms. The van der Waals surface area contributed by atoms with Gasteiger partial charge in [0.15, 0.2) is 10.9 Å². The number of ether oxygens (including phenoxy) is 2. The molecule has 0 unspecified atom stereocenters. The second-order valence-electron chi connectivity index (χ2n) is 7.31. The van der Waals surface area contributed by atoms with Crippen molar-refractivity contribution in [3.8, 4) is 16.9 Å². The fourth-order valence-electron chi connectivity index (χ4n) is 3.53. The zero-order valence-electron chi connectivity index (χ0n) is 17.6. The van der Waals surface area contributed by atoms with Crippen molar-refractivity contribution >= 4 is 39.8 Å². The van der Waals surface area contributed by atoms with E-state index in [0.29, 0.717) is 58.5 Å². The highest BCUT2D eigenvalue weighted by atomic mass is 35.5. The number of anilines is 1. The third-order valence-corrected chi connectivity index (χ3v) is 6.32. The predicted octanol–water partition coefficient (Wildman–Crippen LogP) is 4.43. The van der Waals surface area contributed by atoms with Gasteiger partial charge in [-0.05, 0) is 31.9 Å². The molecule has 0 saturated carbocycles. The normalized spacial score (nSPS) is 14.2. The first-order valence-electron chi connectivity index (χ1n) is 10.0. The number of thiazole rings is 1. The lowest BCUT2D eigenvalue weighted by molar-refractivity contribution is 0.0547. The molecule has 166 valence electrons. The Bertz CT molecular complexity index is 1160. The molecular weight excluding hydrogens is 452 g/mol. The molecule has 0 atom stereocenters. The predicted molar refractivity (Wildman–Crippen MR) is 122 cm³/mol. The van der Waals surface area contributed by atoms with Crippen LogP contribution in [0.3, 0.4) is 0 Å². The van der Waals surface area contributed by atoms with Gasteiger partial charge in [-0.2, -0.15) is 0 Å². The van der Waals surface area contributed by atoms with E-state index in [0.717, 1.165) is 17.0 Å². The number of ketones is 1. The minimum atomic E-state index is -0.401. The van der Waals surface area contributed by atoms with Crippen LogP contribution in [0.5, 0.6) is 5.75 Å². The van der Waals surface area contributed by atoms with Crippen LogP contribution in [0.15, 0.2) is 30.7 Å². The van der Waals surface area contributed by atoms with Crippen LogP contribution in [0, 0.1) is 12.8 Å². The Kier molecular flexibility index (Phi) is 6.78. The maximum atomic E-state index is 13.1. The summed E-state index contributed by atoms with van der Waals surface area (Å²) in [5.74, 6) is 0.0549. The summed E-state index contributed by atoms with van der Waals surface area (Å²) in [7, 11) is 1.52. The number of methoxy groups -OCH3 is 1. The number of aromatic nitrogens is 3. The summed E-state index contributed by atoms with van der Waals surface area (Å²) in [4.78, 5) is 38.9. The van der Waals surface area contributed by atoms with Crippen LogP contribution >= 0.6 is 22.9 Å². The van der Waals surface area contributed by atoms with Crippen molar-refractivity contribution in [1.29, 1.82) is 0 Å². The maximum Gasteiger partial charge on any atom is 0.259 e. The molecule has 1 aliphatic heterocycles. The summed E-state index contributed by atoms with van der Waals surface area (Å²) in [5.41, 5.74) is 2.28. The Hall–Kier alpha value is -2.88. The molecule has 1 aliphatic rings. The second kappa shape index (κ2) is 9.72. The van der Waals surface area contributed by atoms with Crippen LogP contribution in [0.1, 0.15) is 38.6 Å². The first-order valence-corrected chi connectivity index (χ1v) is 11.2. The SMILES string of the molecule is COc1cnc(Cl)cc1-c1cc(C)ncc1C(=O)Nc1ncc(C(=O)C2CCOCC2)s1. The van der Waals surface area contributed by atoms with E-state index in [4.69, 9.17) is 21.1 Å². The van der Waals surface area contributed by atoms with Gasteiger partial charge in [0.1, 0.15) is 10.9 Å². The van der Waals surface area contributed by atoms with Crippen LogP contribution < -0.4 is 10.1 Å². The van der Waals surface area contributed by atoms with Crippen LogP contribution in [-0.4, -0.2) is 47.0 Å². The summed E-state index contributed by atoms with van der Waals surface area (Å²) >= 11 is 7.25. The number of carbonyl (C=O) groups is 2. The van der Waals surface area contributed by atoms with Gasteiger partial charge in [-0.15, -0.1) is 0 Å². The quantitative estimate of drug-likeness (QED) is 0.418. The third kappa shape index (κ3) is 4.79. The van der Waals surface area contributed by atoms with E-state index >= 15 is 0 Å². The highest BCUT2D eigenvalue weighted by molar-refractivity contribution is 7.17. The molecule has 0 radical (unpaired) electrons. The number of nitrogens with zero attached hydrogens (tertiary/aromatic N) is 3. The van der Waals surface area contributed by atoms with Crippen LogP contribution in [0.2, 0.25) is 5.15 Å². The minimum Gasteiger partial charge on any atom is -0.494 e. The molecule has 4 heterocycles. The Morgan fingerprint density at radius 3 is 2.66 bits per heavy atom. The molecule has 1 fully saturated rings. The molecule has 1 saturated heterocycles. The summed E-state index contributed by atoms with van der Waals surface area (Å²) in [6, 6.07) is 3.42. The van der Waals surface area contributed by atoms with E-state index < -0.39 is 5.91 Å². The summed E-state index contributed by atoms with van der Waals surface area (Å²) in [6.07, 6.45) is 5.91. The van der Waals surface area contributed by atoms with Crippen molar-refractivity contribution < 1.29 is 19.1 Å². The number of pyridine rings is 2. The van der Waals surface area contributed by atoms with Gasteiger partial charge in [-0.3, -0.25) is 19.9 Å². The Morgan fingerprint density at radius 2 is 1.91 bits per heavy atom. The van der Waals surface area contributed by atoms with Gasteiger partial charge in [0.25, 0.3) is 5.91 Å². The summed E-state index contributed by atoms with van der Waals surface area (Å²) in [6.45, 7) is 3.00. The third-order valence-electron chi connectivity index (χ3n) is 5.19. The summed E-state index contributed by atoms with van der Waals surface area (Å²) < 4.78 is 10.7. The molecule has 10 heteroatoms. The van der Waals surface area contributed by atoms with Gasteiger partial charge in [-0.1, -0.05) is 22.9 Å². The number of aryl methyl sites for hydroxylation is 1. The number of amides is 1. The number of rotatable bonds is 6. The first kappa shape index (κ1) is 22.3. The Morgan fingerprint density at radius 1 is 1.12 bits per heavy atom. The average molecular weight is 473 g/mol. The number of nitrogens with one attached hydrogen (secondary N) is 1. The molecule has 3 aromatic rings. The van der Waals surface area contributed by atoms with Gasteiger partial charge in [-0.25, -0.2) is 9.97 Å². The number of hydrogen-bond donors (Lipinski definition) is 1. The van der Waals surface area contributed by atoms with Crippen molar-refractivity contribution in [3.63, 3.8) is 0 Å². The molecular formula is C22H21ClN4O4S. The molecule has 4 rings (SSSR count). The van der Waals surface area contributed by atoms with Gasteiger partial charge in [0, 0.05) is 42.1 Å². The molecule has 32 heavy (non-hydrogen) atoms. The molecule has 1 amide bonds. The van der Waals surface area contributed by atoms with E-state index in [-0.39, 0.29) is 16.9 Å². The molecule has 1 N–H and O–H groups in total. The van der Waals surface area contributed by atoms with Crippen molar-refractivity contribution in [2.24, 2.45) is 5.92 Å². The fraction of sp³-hybridized carbons (Fsp3) is 0.318. The highest BCUT2D eigenvalue weighted by Crippen LogP contribution is 2.34. The lowest BCUT2D eigenvalue weighted by Crippen LogP contribution is -2.22. The second-order valence-corrected chi connectivity index (χ2v) is 8.73. The fourth-order valence-corrected chi connectivity index (χ4v) is 4.51. The summed E-state index contributed by atoms with van der Waals surface area (Å²) in [5, 5.41) is 3.40. The number of hydrogen-bond acceptors (Lipinski definition) is 8. The molecule has 3 aromatic heterocycles. The van der Waals surface area contributed by atoms with Gasteiger partial charge in [0.05, 0.1) is 29.9 Å².